The number of carbonyl (C=O) groups excluding carboxylic acids is 1. The number of hydrogen-bond donors (Lipinski definition) is 2. The van der Waals surface area contributed by atoms with Gasteiger partial charge in [0, 0.05) is 0 Å². The van der Waals surface area contributed by atoms with Crippen molar-refractivity contribution in [2.75, 3.05) is 5.73 Å². The number of amides is 1. The Balaban J connectivity index is 2.27. The van der Waals surface area contributed by atoms with Crippen LogP contribution < -0.4 is 11.1 Å². The van der Waals surface area contributed by atoms with Gasteiger partial charge in [0.1, 0.15) is 11.4 Å². The fraction of sp³-hybridized carbons (Fsp3) is 0.364. The Labute approximate surface area is 104 Å². The van der Waals surface area contributed by atoms with Gasteiger partial charge in [0.05, 0.1) is 11.3 Å². The number of halogens is 5. The first-order valence-electron chi connectivity index (χ1n) is 5.30. The molecule has 1 aromatic carbocycles. The third-order valence-corrected chi connectivity index (χ3v) is 2.96. The van der Waals surface area contributed by atoms with Gasteiger partial charge in [0.25, 0.3) is 5.91 Å². The quantitative estimate of drug-likeness (QED) is 0.645. The Bertz CT molecular complexity index is 537. The maximum atomic E-state index is 13.5. The van der Waals surface area contributed by atoms with Gasteiger partial charge in [-0.1, -0.05) is 0 Å². The number of nitrogen functional groups attached to an aromatic ring is 1. The van der Waals surface area contributed by atoms with Crippen molar-refractivity contribution in [3.63, 3.8) is 0 Å². The Morgan fingerprint density at radius 1 is 1.26 bits per heavy atom. The molecule has 3 nitrogen and oxygen atoms in total. The van der Waals surface area contributed by atoms with E-state index in [1.807, 2.05) is 0 Å². The summed E-state index contributed by atoms with van der Waals surface area (Å²) in [5, 5.41) is 1.69. The highest BCUT2D eigenvalue weighted by molar-refractivity contribution is 5.96. The lowest BCUT2D eigenvalue weighted by Crippen LogP contribution is -2.48. The second-order valence-electron chi connectivity index (χ2n) is 4.39. The lowest BCUT2D eigenvalue weighted by Gasteiger charge is -2.21. The van der Waals surface area contributed by atoms with Crippen LogP contribution in [-0.4, -0.2) is 17.6 Å². The number of rotatable bonds is 2. The molecular weight excluding hydrogens is 271 g/mol. The van der Waals surface area contributed by atoms with Crippen molar-refractivity contribution in [3.8, 4) is 0 Å². The highest BCUT2D eigenvalue weighted by Crippen LogP contribution is 2.49. The molecule has 0 bridgehead atoms. The lowest BCUT2D eigenvalue weighted by atomic mass is 10.1. The fourth-order valence-electron chi connectivity index (χ4n) is 1.66. The summed E-state index contributed by atoms with van der Waals surface area (Å²) in [6.07, 6.45) is -5.19. The Morgan fingerprint density at radius 3 is 2.32 bits per heavy atom. The van der Waals surface area contributed by atoms with Crippen molar-refractivity contribution in [2.45, 2.75) is 24.6 Å². The molecule has 1 aromatic rings. The van der Waals surface area contributed by atoms with Gasteiger partial charge in [0.15, 0.2) is 5.82 Å². The number of nitrogens with two attached hydrogens (primary N) is 1. The van der Waals surface area contributed by atoms with Crippen molar-refractivity contribution >= 4 is 11.6 Å². The second kappa shape index (κ2) is 4.07. The monoisotopic (exact) mass is 280 g/mol. The zero-order chi connectivity index (χ0) is 14.4. The summed E-state index contributed by atoms with van der Waals surface area (Å²) in [6, 6.07) is 1.15. The Morgan fingerprint density at radius 2 is 1.84 bits per heavy atom. The van der Waals surface area contributed by atoms with Crippen LogP contribution in [0.5, 0.6) is 0 Å². The van der Waals surface area contributed by atoms with E-state index in [0.717, 1.165) is 0 Å². The molecule has 0 saturated heterocycles. The van der Waals surface area contributed by atoms with E-state index < -0.39 is 40.5 Å². The predicted molar refractivity (Wildman–Crippen MR) is 56.3 cm³/mol. The van der Waals surface area contributed by atoms with Gasteiger partial charge >= 0.3 is 6.18 Å². The molecule has 0 aliphatic heterocycles. The molecule has 1 aliphatic carbocycles. The van der Waals surface area contributed by atoms with Crippen molar-refractivity contribution in [3.05, 3.63) is 29.3 Å². The van der Waals surface area contributed by atoms with Crippen LogP contribution in [0, 0.1) is 11.6 Å². The molecule has 0 heterocycles. The molecule has 2 rings (SSSR count). The smallest absolute Gasteiger partial charge is 0.396 e. The van der Waals surface area contributed by atoms with Gasteiger partial charge in [-0.25, -0.2) is 8.78 Å². The van der Waals surface area contributed by atoms with E-state index in [1.165, 1.54) is 0 Å². The van der Waals surface area contributed by atoms with Crippen LogP contribution in [0.4, 0.5) is 27.6 Å². The van der Waals surface area contributed by atoms with E-state index >= 15 is 0 Å². The zero-order valence-electron chi connectivity index (χ0n) is 9.44. The summed E-state index contributed by atoms with van der Waals surface area (Å²) in [7, 11) is 0. The maximum Gasteiger partial charge on any atom is 0.411 e. The Hall–Kier alpha value is -1.86. The third-order valence-electron chi connectivity index (χ3n) is 2.96. The minimum atomic E-state index is -4.63. The number of benzene rings is 1. The normalized spacial score (nSPS) is 17.1. The zero-order valence-corrected chi connectivity index (χ0v) is 9.44. The molecular formula is C11H9F5N2O. The first kappa shape index (κ1) is 13.6. The number of nitrogens with one attached hydrogen (secondary N) is 1. The molecule has 19 heavy (non-hydrogen) atoms. The summed E-state index contributed by atoms with van der Waals surface area (Å²) in [6.45, 7) is 0. The Kier molecular flexibility index (Phi) is 2.91. The standard InChI is InChI=1S/C11H9F5N2O/c12-5-3-6(8(13)7(17)4-5)9(19)18-10(1-2-10)11(14,15)16/h3-4H,1-2,17H2,(H,18,19). The first-order valence-corrected chi connectivity index (χ1v) is 5.30. The maximum absolute atomic E-state index is 13.5. The molecule has 104 valence electrons. The molecule has 1 fully saturated rings. The molecule has 0 spiro atoms. The van der Waals surface area contributed by atoms with Gasteiger partial charge in [0.2, 0.25) is 0 Å². The molecule has 8 heteroatoms. The molecule has 0 radical (unpaired) electrons. The van der Waals surface area contributed by atoms with E-state index in [9.17, 15) is 26.7 Å². The second-order valence-corrected chi connectivity index (χ2v) is 4.39. The van der Waals surface area contributed by atoms with Crippen molar-refractivity contribution in [1.29, 1.82) is 0 Å². The van der Waals surface area contributed by atoms with Crippen LogP contribution in [0.25, 0.3) is 0 Å². The summed E-state index contributed by atoms with van der Waals surface area (Å²) in [5.74, 6) is -3.57. The summed E-state index contributed by atoms with van der Waals surface area (Å²) < 4.78 is 64.4. The number of carbonyl (C=O) groups is 1. The van der Waals surface area contributed by atoms with E-state index in [-0.39, 0.29) is 12.8 Å². The van der Waals surface area contributed by atoms with Gasteiger partial charge in [-0.3, -0.25) is 4.79 Å². The van der Waals surface area contributed by atoms with Crippen LogP contribution in [0.1, 0.15) is 23.2 Å². The van der Waals surface area contributed by atoms with E-state index in [4.69, 9.17) is 5.73 Å². The molecule has 0 unspecified atom stereocenters. The molecule has 0 aromatic heterocycles. The highest BCUT2D eigenvalue weighted by Gasteiger charge is 2.64. The SMILES string of the molecule is Nc1cc(F)cc(C(=O)NC2(C(F)(F)F)CC2)c1F. The number of alkyl halides is 3. The van der Waals surface area contributed by atoms with Crippen molar-refractivity contribution in [1.82, 2.24) is 5.32 Å². The van der Waals surface area contributed by atoms with Crippen LogP contribution in [0.2, 0.25) is 0 Å². The first-order chi connectivity index (χ1) is 8.66. The average molecular weight is 280 g/mol. The van der Waals surface area contributed by atoms with Crippen molar-refractivity contribution < 1.29 is 26.7 Å². The number of anilines is 1. The molecule has 1 aliphatic rings. The van der Waals surface area contributed by atoms with Crippen molar-refractivity contribution in [2.24, 2.45) is 0 Å². The summed E-state index contributed by atoms with van der Waals surface area (Å²) in [4.78, 5) is 11.6. The minimum absolute atomic E-state index is 0.283. The highest BCUT2D eigenvalue weighted by atomic mass is 19.4. The molecule has 1 amide bonds. The largest absolute Gasteiger partial charge is 0.411 e. The molecule has 1 saturated carbocycles. The fourth-order valence-corrected chi connectivity index (χ4v) is 1.66. The average Bonchev–Trinajstić information content (AvgIpc) is 3.03. The lowest BCUT2D eigenvalue weighted by molar-refractivity contribution is -0.163. The van der Waals surface area contributed by atoms with Gasteiger partial charge in [-0.15, -0.1) is 0 Å². The molecule has 3 N–H and O–H groups in total. The van der Waals surface area contributed by atoms with Crippen LogP contribution >= 0.6 is 0 Å². The number of hydrogen-bond acceptors (Lipinski definition) is 2. The third kappa shape index (κ3) is 2.34. The van der Waals surface area contributed by atoms with Crippen LogP contribution in [0.15, 0.2) is 12.1 Å². The van der Waals surface area contributed by atoms with E-state index in [1.54, 1.807) is 5.32 Å². The minimum Gasteiger partial charge on any atom is -0.396 e. The van der Waals surface area contributed by atoms with E-state index in [0.29, 0.717) is 12.1 Å². The summed E-state index contributed by atoms with van der Waals surface area (Å²) in [5.41, 5.74) is 1.29. The topological polar surface area (TPSA) is 55.1 Å². The van der Waals surface area contributed by atoms with Gasteiger partial charge < -0.3 is 11.1 Å². The van der Waals surface area contributed by atoms with Gasteiger partial charge in [-0.2, -0.15) is 13.2 Å². The molecule has 0 atom stereocenters. The van der Waals surface area contributed by atoms with Gasteiger partial charge in [-0.05, 0) is 25.0 Å². The summed E-state index contributed by atoms with van der Waals surface area (Å²) >= 11 is 0. The van der Waals surface area contributed by atoms with Crippen LogP contribution in [-0.2, 0) is 0 Å². The van der Waals surface area contributed by atoms with E-state index in [2.05, 4.69) is 0 Å². The van der Waals surface area contributed by atoms with Crippen LogP contribution in [0.3, 0.4) is 0 Å². The predicted octanol–water partition coefficient (Wildman–Crippen LogP) is 2.37.